The third-order valence-electron chi connectivity index (χ3n) is 7.94. The molecule has 1 atom stereocenters. The summed E-state index contributed by atoms with van der Waals surface area (Å²) in [6.07, 6.45) is 42.0. The van der Waals surface area contributed by atoms with Gasteiger partial charge < -0.3 is 14.6 Å². The molecule has 0 unspecified atom stereocenters. The Morgan fingerprint density at radius 3 is 1.43 bits per heavy atom. The number of aliphatic hydroxyl groups excluding tert-OH is 1. The zero-order valence-electron chi connectivity index (χ0n) is 28.9. The van der Waals surface area contributed by atoms with Crippen LogP contribution >= 0.6 is 0 Å². The molecule has 0 rings (SSSR count). The van der Waals surface area contributed by atoms with Gasteiger partial charge in [-0.3, -0.25) is 9.59 Å². The summed E-state index contributed by atoms with van der Waals surface area (Å²) in [6, 6.07) is 0. The lowest BCUT2D eigenvalue weighted by Crippen LogP contribution is -2.28. The molecule has 5 nitrogen and oxygen atoms in total. The summed E-state index contributed by atoms with van der Waals surface area (Å²) in [4.78, 5) is 24.1. The molecule has 5 heteroatoms. The van der Waals surface area contributed by atoms with Crippen LogP contribution in [0.2, 0.25) is 0 Å². The SMILES string of the molecule is CCCCCCCCC=CCC=CCC=CCCCC(=O)OC[C@H](CO)OC(=O)CCCCCCCCCCCCCCC. The summed E-state index contributed by atoms with van der Waals surface area (Å²) in [5, 5.41) is 9.52. The normalized spacial score (nSPS) is 12.5. The molecule has 0 aromatic carbocycles. The topological polar surface area (TPSA) is 72.8 Å². The number of hydrogen-bond acceptors (Lipinski definition) is 5. The van der Waals surface area contributed by atoms with E-state index >= 15 is 0 Å². The van der Waals surface area contributed by atoms with E-state index in [2.05, 4.69) is 50.3 Å². The first-order chi connectivity index (χ1) is 21.6. The van der Waals surface area contributed by atoms with Crippen molar-refractivity contribution in [1.29, 1.82) is 0 Å². The second kappa shape index (κ2) is 35.6. The van der Waals surface area contributed by atoms with Gasteiger partial charge in [0.05, 0.1) is 6.61 Å². The molecule has 0 aliphatic carbocycles. The minimum atomic E-state index is -0.787. The van der Waals surface area contributed by atoms with Crippen molar-refractivity contribution in [3.05, 3.63) is 36.5 Å². The molecule has 44 heavy (non-hydrogen) atoms. The van der Waals surface area contributed by atoms with E-state index in [9.17, 15) is 14.7 Å². The average molecular weight is 619 g/mol. The maximum absolute atomic E-state index is 12.1. The number of aliphatic hydroxyl groups is 1. The molecule has 256 valence electrons. The van der Waals surface area contributed by atoms with Gasteiger partial charge in [0, 0.05) is 12.8 Å². The number of carbonyl (C=O) groups is 2. The van der Waals surface area contributed by atoms with E-state index < -0.39 is 6.10 Å². The molecule has 0 amide bonds. The van der Waals surface area contributed by atoms with Crippen molar-refractivity contribution < 1.29 is 24.2 Å². The van der Waals surface area contributed by atoms with E-state index in [4.69, 9.17) is 9.47 Å². The molecule has 0 aromatic rings. The maximum atomic E-state index is 12.1. The highest BCUT2D eigenvalue weighted by atomic mass is 16.6. The molecular weight excluding hydrogens is 548 g/mol. The molecule has 0 aliphatic rings. The molecule has 0 heterocycles. The van der Waals surface area contributed by atoms with E-state index in [-0.39, 0.29) is 25.2 Å². The lowest BCUT2D eigenvalue weighted by atomic mass is 10.0. The van der Waals surface area contributed by atoms with Crippen LogP contribution in [0.3, 0.4) is 0 Å². The molecule has 1 N–H and O–H groups in total. The van der Waals surface area contributed by atoms with E-state index in [1.54, 1.807) is 0 Å². The maximum Gasteiger partial charge on any atom is 0.306 e. The van der Waals surface area contributed by atoms with Crippen LogP contribution in [-0.4, -0.2) is 36.4 Å². The summed E-state index contributed by atoms with van der Waals surface area (Å²) >= 11 is 0. The van der Waals surface area contributed by atoms with Crippen molar-refractivity contribution in [1.82, 2.24) is 0 Å². The van der Waals surface area contributed by atoms with Gasteiger partial charge in [-0.2, -0.15) is 0 Å². The van der Waals surface area contributed by atoms with Gasteiger partial charge in [0.1, 0.15) is 6.61 Å². The summed E-state index contributed by atoms with van der Waals surface area (Å²) in [7, 11) is 0. The highest BCUT2D eigenvalue weighted by Gasteiger charge is 2.16. The minimum Gasteiger partial charge on any atom is -0.462 e. The average Bonchev–Trinajstić information content (AvgIpc) is 3.02. The molecule has 0 radical (unpaired) electrons. The van der Waals surface area contributed by atoms with E-state index in [0.29, 0.717) is 19.3 Å². The van der Waals surface area contributed by atoms with Crippen LogP contribution in [0.1, 0.15) is 181 Å². The fourth-order valence-electron chi connectivity index (χ4n) is 5.10. The Bertz CT molecular complexity index is 711. The van der Waals surface area contributed by atoms with E-state index in [1.165, 1.54) is 109 Å². The van der Waals surface area contributed by atoms with E-state index in [1.807, 2.05) is 0 Å². The van der Waals surface area contributed by atoms with Gasteiger partial charge in [0.25, 0.3) is 0 Å². The van der Waals surface area contributed by atoms with Crippen LogP contribution in [0.15, 0.2) is 36.5 Å². The monoisotopic (exact) mass is 619 g/mol. The number of unbranched alkanes of at least 4 members (excludes halogenated alkanes) is 19. The Hall–Kier alpha value is -1.88. The Morgan fingerprint density at radius 1 is 0.523 bits per heavy atom. The Morgan fingerprint density at radius 2 is 0.932 bits per heavy atom. The van der Waals surface area contributed by atoms with Crippen molar-refractivity contribution in [2.45, 2.75) is 187 Å². The molecular formula is C39H70O5. The third kappa shape index (κ3) is 33.0. The smallest absolute Gasteiger partial charge is 0.306 e. The standard InChI is InChI=1S/C39H70O5/c1-3-5-7-9-11-13-15-17-18-19-20-22-23-25-27-29-31-33-38(41)43-36-37(35-40)44-39(42)34-32-30-28-26-24-21-16-14-12-10-8-6-4-2/h17-18,20,22,25,27,37,40H,3-16,19,21,23-24,26,28-36H2,1-2H3/t37-/m0/s1. The first-order valence-electron chi connectivity index (χ1n) is 18.5. The zero-order valence-corrected chi connectivity index (χ0v) is 28.9. The van der Waals surface area contributed by atoms with Crippen LogP contribution in [0, 0.1) is 0 Å². The molecule has 0 saturated carbocycles. The van der Waals surface area contributed by atoms with Crippen molar-refractivity contribution in [2.75, 3.05) is 13.2 Å². The largest absolute Gasteiger partial charge is 0.462 e. The number of esters is 2. The number of ether oxygens (including phenoxy) is 2. The minimum absolute atomic E-state index is 0.0896. The molecule has 0 spiro atoms. The molecule has 0 fully saturated rings. The molecule has 0 saturated heterocycles. The zero-order chi connectivity index (χ0) is 32.2. The Balaban J connectivity index is 3.65. The van der Waals surface area contributed by atoms with Crippen molar-refractivity contribution in [3.8, 4) is 0 Å². The summed E-state index contributed by atoms with van der Waals surface area (Å²) < 4.78 is 10.5. The van der Waals surface area contributed by atoms with Gasteiger partial charge in [-0.05, 0) is 44.9 Å². The first kappa shape index (κ1) is 42.1. The van der Waals surface area contributed by atoms with Crippen LogP contribution in [-0.2, 0) is 19.1 Å². The fraction of sp³-hybridized carbons (Fsp3) is 0.795. The molecule has 0 aliphatic heterocycles. The lowest BCUT2D eigenvalue weighted by molar-refractivity contribution is -0.161. The van der Waals surface area contributed by atoms with Crippen molar-refractivity contribution in [2.24, 2.45) is 0 Å². The van der Waals surface area contributed by atoms with Gasteiger partial charge >= 0.3 is 11.9 Å². The van der Waals surface area contributed by atoms with Crippen LogP contribution in [0.4, 0.5) is 0 Å². The predicted molar refractivity (Wildman–Crippen MR) is 187 cm³/mol. The predicted octanol–water partition coefficient (Wildman–Crippen LogP) is 11.3. The number of allylic oxidation sites excluding steroid dienone is 6. The lowest BCUT2D eigenvalue weighted by Gasteiger charge is -2.15. The van der Waals surface area contributed by atoms with E-state index in [0.717, 1.165) is 38.5 Å². The third-order valence-corrected chi connectivity index (χ3v) is 7.94. The summed E-state index contributed by atoms with van der Waals surface area (Å²) in [6.45, 7) is 4.08. The van der Waals surface area contributed by atoms with Gasteiger partial charge in [-0.1, -0.05) is 159 Å². The quantitative estimate of drug-likeness (QED) is 0.0450. The van der Waals surface area contributed by atoms with Gasteiger partial charge in [-0.25, -0.2) is 0 Å². The number of hydrogen-bond donors (Lipinski definition) is 1. The van der Waals surface area contributed by atoms with Gasteiger partial charge in [-0.15, -0.1) is 0 Å². The molecule has 0 aromatic heterocycles. The summed E-state index contributed by atoms with van der Waals surface area (Å²) in [5.74, 6) is -0.649. The second-order valence-corrected chi connectivity index (χ2v) is 12.3. The first-order valence-corrected chi connectivity index (χ1v) is 18.5. The Labute approximate surface area is 272 Å². The second-order valence-electron chi connectivity index (χ2n) is 12.3. The van der Waals surface area contributed by atoms with Crippen LogP contribution in [0.25, 0.3) is 0 Å². The number of carbonyl (C=O) groups excluding carboxylic acids is 2. The van der Waals surface area contributed by atoms with Crippen molar-refractivity contribution in [3.63, 3.8) is 0 Å². The van der Waals surface area contributed by atoms with Crippen LogP contribution in [0.5, 0.6) is 0 Å². The van der Waals surface area contributed by atoms with Gasteiger partial charge in [0.15, 0.2) is 6.10 Å². The Kier molecular flexibility index (Phi) is 34.1. The molecule has 0 bridgehead atoms. The van der Waals surface area contributed by atoms with Crippen LogP contribution < -0.4 is 0 Å². The fourth-order valence-corrected chi connectivity index (χ4v) is 5.10. The van der Waals surface area contributed by atoms with Gasteiger partial charge in [0.2, 0.25) is 0 Å². The van der Waals surface area contributed by atoms with Crippen molar-refractivity contribution >= 4 is 11.9 Å². The highest BCUT2D eigenvalue weighted by Crippen LogP contribution is 2.13. The highest BCUT2D eigenvalue weighted by molar-refractivity contribution is 5.70. The number of rotatable bonds is 33. The summed E-state index contributed by atoms with van der Waals surface area (Å²) in [5.41, 5.74) is 0.